The van der Waals surface area contributed by atoms with Crippen LogP contribution in [0.4, 0.5) is 0 Å². The number of pyridine rings is 1. The van der Waals surface area contributed by atoms with Gasteiger partial charge < -0.3 is 10.9 Å². The molecule has 0 atom stereocenters. The van der Waals surface area contributed by atoms with E-state index in [1.165, 1.54) is 32.1 Å². The van der Waals surface area contributed by atoms with E-state index in [-0.39, 0.29) is 5.84 Å². The fraction of sp³-hybridized carbons (Fsp3) is 0.375. The largest absolute Gasteiger partial charge is 0.409 e. The SMILES string of the molecule is NC(=NO)c1cc2ccccc2nc1SC1CCCCC1. The number of nitrogens with two attached hydrogens (primary N) is 1. The fourth-order valence-corrected chi connectivity index (χ4v) is 4.09. The molecule has 0 bridgehead atoms. The summed E-state index contributed by atoms with van der Waals surface area (Å²) in [6, 6.07) is 9.89. The zero-order valence-corrected chi connectivity index (χ0v) is 12.6. The molecule has 1 saturated carbocycles. The molecule has 1 aromatic heterocycles. The Kier molecular flexibility index (Phi) is 4.29. The van der Waals surface area contributed by atoms with Gasteiger partial charge in [0.1, 0.15) is 5.03 Å². The second-order valence-electron chi connectivity index (χ2n) is 5.40. The molecule has 2 aromatic rings. The van der Waals surface area contributed by atoms with Crippen molar-refractivity contribution in [1.82, 2.24) is 4.98 Å². The third-order valence-electron chi connectivity index (χ3n) is 3.90. The molecule has 110 valence electrons. The van der Waals surface area contributed by atoms with E-state index in [0.717, 1.165) is 21.5 Å². The Bertz CT molecular complexity index is 666. The minimum Gasteiger partial charge on any atom is -0.409 e. The van der Waals surface area contributed by atoms with Gasteiger partial charge in [-0.1, -0.05) is 42.6 Å². The number of nitrogens with zero attached hydrogens (tertiary/aromatic N) is 2. The van der Waals surface area contributed by atoms with Crippen LogP contribution in [0.15, 0.2) is 40.5 Å². The van der Waals surface area contributed by atoms with Crippen LogP contribution < -0.4 is 5.73 Å². The summed E-state index contributed by atoms with van der Waals surface area (Å²) in [6.45, 7) is 0. The van der Waals surface area contributed by atoms with Gasteiger partial charge in [-0.15, -0.1) is 11.8 Å². The first-order chi connectivity index (χ1) is 10.3. The van der Waals surface area contributed by atoms with E-state index in [0.29, 0.717) is 5.25 Å². The van der Waals surface area contributed by atoms with Gasteiger partial charge in [0.15, 0.2) is 5.84 Å². The highest BCUT2D eigenvalue weighted by Gasteiger charge is 2.19. The number of hydrogen-bond acceptors (Lipinski definition) is 4. The monoisotopic (exact) mass is 301 g/mol. The van der Waals surface area contributed by atoms with Gasteiger partial charge in [0, 0.05) is 10.6 Å². The highest BCUT2D eigenvalue weighted by atomic mass is 32.2. The minimum absolute atomic E-state index is 0.131. The average Bonchev–Trinajstić information content (AvgIpc) is 2.54. The normalized spacial score (nSPS) is 17.2. The van der Waals surface area contributed by atoms with Gasteiger partial charge in [0.05, 0.1) is 11.1 Å². The summed E-state index contributed by atoms with van der Waals surface area (Å²) in [5, 5.41) is 14.6. The van der Waals surface area contributed by atoms with Gasteiger partial charge in [-0.25, -0.2) is 4.98 Å². The predicted molar refractivity (Wildman–Crippen MR) is 87.0 cm³/mol. The first kappa shape index (κ1) is 14.2. The highest BCUT2D eigenvalue weighted by Crippen LogP contribution is 2.35. The average molecular weight is 301 g/mol. The van der Waals surface area contributed by atoms with Crippen molar-refractivity contribution in [3.05, 3.63) is 35.9 Å². The maximum Gasteiger partial charge on any atom is 0.172 e. The van der Waals surface area contributed by atoms with Crippen molar-refractivity contribution < 1.29 is 5.21 Å². The molecule has 4 nitrogen and oxygen atoms in total. The fourth-order valence-electron chi connectivity index (χ4n) is 2.77. The van der Waals surface area contributed by atoms with E-state index in [9.17, 15) is 0 Å². The highest BCUT2D eigenvalue weighted by molar-refractivity contribution is 7.99. The van der Waals surface area contributed by atoms with E-state index < -0.39 is 0 Å². The molecule has 0 radical (unpaired) electrons. The van der Waals surface area contributed by atoms with Crippen molar-refractivity contribution >= 4 is 28.5 Å². The Morgan fingerprint density at radius 3 is 2.76 bits per heavy atom. The molecule has 0 unspecified atom stereocenters. The van der Waals surface area contributed by atoms with E-state index in [4.69, 9.17) is 15.9 Å². The number of oxime groups is 1. The van der Waals surface area contributed by atoms with Gasteiger partial charge in [-0.3, -0.25) is 0 Å². The number of para-hydroxylation sites is 1. The van der Waals surface area contributed by atoms with Gasteiger partial charge >= 0.3 is 0 Å². The van der Waals surface area contributed by atoms with Crippen molar-refractivity contribution in [2.24, 2.45) is 10.9 Å². The number of rotatable bonds is 3. The lowest BCUT2D eigenvalue weighted by atomic mass is 10.0. The van der Waals surface area contributed by atoms with E-state index >= 15 is 0 Å². The van der Waals surface area contributed by atoms with Gasteiger partial charge in [0.2, 0.25) is 0 Å². The Balaban J connectivity index is 2.01. The summed E-state index contributed by atoms with van der Waals surface area (Å²) >= 11 is 1.77. The molecular weight excluding hydrogens is 282 g/mol. The molecule has 3 rings (SSSR count). The maximum absolute atomic E-state index is 9.02. The van der Waals surface area contributed by atoms with E-state index in [1.54, 1.807) is 11.8 Å². The van der Waals surface area contributed by atoms with Crippen LogP contribution in [0.25, 0.3) is 10.9 Å². The van der Waals surface area contributed by atoms with Crippen molar-refractivity contribution in [1.29, 1.82) is 0 Å². The van der Waals surface area contributed by atoms with Crippen LogP contribution in [0, 0.1) is 0 Å². The Hall–Kier alpha value is -1.75. The van der Waals surface area contributed by atoms with Crippen LogP contribution in [0.3, 0.4) is 0 Å². The number of amidine groups is 1. The van der Waals surface area contributed by atoms with Crippen molar-refractivity contribution in [3.8, 4) is 0 Å². The maximum atomic E-state index is 9.02. The smallest absolute Gasteiger partial charge is 0.172 e. The molecule has 1 aromatic carbocycles. The topological polar surface area (TPSA) is 71.5 Å². The lowest BCUT2D eigenvalue weighted by molar-refractivity contribution is 0.318. The molecule has 5 heteroatoms. The Labute approximate surface area is 128 Å². The first-order valence-electron chi connectivity index (χ1n) is 7.32. The number of aromatic nitrogens is 1. The Morgan fingerprint density at radius 1 is 1.24 bits per heavy atom. The number of hydrogen-bond donors (Lipinski definition) is 2. The lowest BCUT2D eigenvalue weighted by Gasteiger charge is -2.21. The third-order valence-corrected chi connectivity index (χ3v) is 5.24. The molecule has 0 spiro atoms. The van der Waals surface area contributed by atoms with Gasteiger partial charge in [-0.05, 0) is 25.0 Å². The molecule has 1 aliphatic carbocycles. The molecular formula is C16H19N3OS. The summed E-state index contributed by atoms with van der Waals surface area (Å²) in [5.41, 5.74) is 7.52. The molecule has 0 amide bonds. The standard InChI is InChI=1S/C16H19N3OS/c17-15(19-20)13-10-11-6-4-5-9-14(11)18-16(13)21-12-7-2-1-3-8-12/h4-6,9-10,12,20H,1-3,7-8H2,(H2,17,19). The van der Waals surface area contributed by atoms with E-state index in [2.05, 4.69) is 5.16 Å². The quantitative estimate of drug-likeness (QED) is 0.392. The van der Waals surface area contributed by atoms with Gasteiger partial charge in [-0.2, -0.15) is 0 Å². The van der Waals surface area contributed by atoms with Crippen LogP contribution in [-0.2, 0) is 0 Å². The molecule has 3 N–H and O–H groups in total. The second-order valence-corrected chi connectivity index (χ2v) is 6.69. The molecule has 1 aliphatic rings. The summed E-state index contributed by atoms with van der Waals surface area (Å²) < 4.78 is 0. The van der Waals surface area contributed by atoms with Crippen molar-refractivity contribution in [2.75, 3.05) is 0 Å². The zero-order chi connectivity index (χ0) is 14.7. The number of benzene rings is 1. The second kappa shape index (κ2) is 6.35. The first-order valence-corrected chi connectivity index (χ1v) is 8.20. The van der Waals surface area contributed by atoms with Crippen molar-refractivity contribution in [3.63, 3.8) is 0 Å². The summed E-state index contributed by atoms with van der Waals surface area (Å²) in [4.78, 5) is 4.73. The third kappa shape index (κ3) is 3.13. The minimum atomic E-state index is 0.131. The zero-order valence-electron chi connectivity index (χ0n) is 11.8. The van der Waals surface area contributed by atoms with Crippen LogP contribution in [-0.4, -0.2) is 21.3 Å². The summed E-state index contributed by atoms with van der Waals surface area (Å²) in [6.07, 6.45) is 6.33. The molecule has 21 heavy (non-hydrogen) atoms. The number of thioether (sulfide) groups is 1. The molecule has 0 saturated heterocycles. The van der Waals surface area contributed by atoms with Crippen LogP contribution in [0.2, 0.25) is 0 Å². The van der Waals surface area contributed by atoms with Crippen LogP contribution in [0.1, 0.15) is 37.7 Å². The van der Waals surface area contributed by atoms with Crippen molar-refractivity contribution in [2.45, 2.75) is 42.4 Å². The van der Waals surface area contributed by atoms with Gasteiger partial charge in [0.25, 0.3) is 0 Å². The number of fused-ring (bicyclic) bond motifs is 1. The van der Waals surface area contributed by atoms with Crippen LogP contribution in [0.5, 0.6) is 0 Å². The van der Waals surface area contributed by atoms with E-state index in [1.807, 2.05) is 30.3 Å². The van der Waals surface area contributed by atoms with Crippen LogP contribution >= 0.6 is 11.8 Å². The lowest BCUT2D eigenvalue weighted by Crippen LogP contribution is -2.16. The predicted octanol–water partition coefficient (Wildman–Crippen LogP) is 3.75. The summed E-state index contributed by atoms with van der Waals surface area (Å²) in [7, 11) is 0. The Morgan fingerprint density at radius 2 is 2.00 bits per heavy atom. The molecule has 1 heterocycles. The molecule has 1 fully saturated rings. The summed E-state index contributed by atoms with van der Waals surface area (Å²) in [5.74, 6) is 0.131. The molecule has 0 aliphatic heterocycles.